The van der Waals surface area contributed by atoms with Crippen LogP contribution in [0.2, 0.25) is 0 Å². The summed E-state index contributed by atoms with van der Waals surface area (Å²) >= 11 is 0. The first kappa shape index (κ1) is 18.9. The summed E-state index contributed by atoms with van der Waals surface area (Å²) in [6.45, 7) is 0. The molecule has 1 aromatic heterocycles. The van der Waals surface area contributed by atoms with E-state index in [2.05, 4.69) is 31.2 Å². The van der Waals surface area contributed by atoms with Gasteiger partial charge in [-0.3, -0.25) is 19.7 Å². The van der Waals surface area contributed by atoms with Crippen LogP contribution in [0.4, 0.5) is 22.1 Å². The predicted molar refractivity (Wildman–Crippen MR) is 109 cm³/mol. The van der Waals surface area contributed by atoms with Gasteiger partial charge in [-0.25, -0.2) is 9.78 Å². The average molecular weight is 407 g/mol. The molecule has 0 radical (unpaired) electrons. The number of imide groups is 1. The number of anilines is 3. The van der Waals surface area contributed by atoms with E-state index in [-0.39, 0.29) is 18.3 Å². The average Bonchev–Trinajstić information content (AvgIpc) is 3.06. The van der Waals surface area contributed by atoms with E-state index in [1.165, 1.54) is 0 Å². The van der Waals surface area contributed by atoms with E-state index >= 15 is 0 Å². The lowest BCUT2D eigenvalue weighted by atomic mass is 10.1. The number of amides is 5. The number of H-pyrrole nitrogens is 1. The van der Waals surface area contributed by atoms with Crippen LogP contribution in [0.3, 0.4) is 0 Å². The Kier molecular flexibility index (Phi) is 4.76. The molecule has 1 atom stereocenters. The molecular weight excluding hydrogens is 390 g/mol. The van der Waals surface area contributed by atoms with Crippen LogP contribution in [0.5, 0.6) is 0 Å². The Morgan fingerprint density at radius 1 is 1.07 bits per heavy atom. The lowest BCUT2D eigenvalue weighted by molar-refractivity contribution is -0.126. The Hall–Kier alpha value is -4.41. The molecular formula is C19H17N7O4. The van der Waals surface area contributed by atoms with Crippen LogP contribution in [0, 0.1) is 0 Å². The summed E-state index contributed by atoms with van der Waals surface area (Å²) in [5.74, 6) is -1.16. The number of aromatic nitrogens is 2. The van der Waals surface area contributed by atoms with Crippen molar-refractivity contribution in [1.29, 1.82) is 0 Å². The number of carbonyl (C=O) groups excluding carboxylic acids is 4. The normalized spacial score (nSPS) is 15.9. The number of imidazole rings is 1. The maximum absolute atomic E-state index is 12.6. The number of urea groups is 1. The fourth-order valence-electron chi connectivity index (χ4n) is 3.04. The summed E-state index contributed by atoms with van der Waals surface area (Å²) in [5.41, 5.74) is 8.16. The van der Waals surface area contributed by atoms with Crippen LogP contribution in [0.1, 0.15) is 16.8 Å². The highest BCUT2D eigenvalue weighted by Crippen LogP contribution is 2.19. The molecule has 0 aliphatic carbocycles. The first-order valence-electron chi connectivity index (χ1n) is 8.95. The van der Waals surface area contributed by atoms with Gasteiger partial charge in [0.1, 0.15) is 6.04 Å². The third kappa shape index (κ3) is 4.04. The topological polar surface area (TPSA) is 171 Å². The van der Waals surface area contributed by atoms with E-state index in [0.717, 1.165) is 0 Å². The summed E-state index contributed by atoms with van der Waals surface area (Å²) in [6.07, 6.45) is -0.158. The number of nitrogens with two attached hydrogens (primary N) is 1. The third-order valence-corrected chi connectivity index (χ3v) is 4.41. The van der Waals surface area contributed by atoms with Gasteiger partial charge < -0.3 is 26.7 Å². The fraction of sp³-hybridized carbons (Fsp3) is 0.105. The minimum atomic E-state index is -0.974. The Balaban J connectivity index is 1.44. The van der Waals surface area contributed by atoms with Crippen molar-refractivity contribution in [3.8, 4) is 0 Å². The third-order valence-electron chi connectivity index (χ3n) is 4.41. The van der Waals surface area contributed by atoms with Crippen molar-refractivity contribution in [3.05, 3.63) is 48.0 Å². The van der Waals surface area contributed by atoms with Crippen molar-refractivity contribution in [3.63, 3.8) is 0 Å². The molecule has 2 heterocycles. The molecule has 4 rings (SSSR count). The molecule has 11 nitrogen and oxygen atoms in total. The van der Waals surface area contributed by atoms with Crippen molar-refractivity contribution in [2.45, 2.75) is 12.5 Å². The zero-order chi connectivity index (χ0) is 21.3. The molecule has 5 amide bonds. The van der Waals surface area contributed by atoms with Crippen LogP contribution in [0.15, 0.2) is 42.5 Å². The van der Waals surface area contributed by atoms with Crippen LogP contribution in [0.25, 0.3) is 11.0 Å². The maximum atomic E-state index is 12.6. The molecule has 7 N–H and O–H groups in total. The summed E-state index contributed by atoms with van der Waals surface area (Å²) in [7, 11) is 0. The number of nitrogens with one attached hydrogen (secondary N) is 5. The Bertz CT molecular complexity index is 1170. The summed E-state index contributed by atoms with van der Waals surface area (Å²) in [5, 5.41) is 9.81. The lowest BCUT2D eigenvalue weighted by Gasteiger charge is -2.22. The van der Waals surface area contributed by atoms with Gasteiger partial charge in [-0.1, -0.05) is 6.07 Å². The molecule has 1 saturated heterocycles. The second-order valence-corrected chi connectivity index (χ2v) is 6.66. The van der Waals surface area contributed by atoms with Crippen LogP contribution >= 0.6 is 0 Å². The maximum Gasteiger partial charge on any atom is 0.322 e. The highest BCUT2D eigenvalue weighted by atomic mass is 16.2. The Labute approximate surface area is 169 Å². The van der Waals surface area contributed by atoms with Crippen molar-refractivity contribution in [2.24, 2.45) is 0 Å². The molecule has 0 saturated carbocycles. The number of rotatable bonds is 4. The standard InChI is InChI=1S/C19H17N7O4/c20-18-23-12-5-4-9(6-13(12)24-18)16(28)21-10-2-1-3-11(7-10)22-17(29)14-8-15(27)26-19(30)25-14/h1-7,14H,8H2,(H,21,28)(H,22,29)(H3,20,23,24)(H2,25,26,27,30)/t14-/m0/s1. The number of hydrogen-bond acceptors (Lipinski definition) is 6. The number of fused-ring (bicyclic) bond motifs is 1. The summed E-state index contributed by atoms with van der Waals surface area (Å²) in [4.78, 5) is 54.6. The van der Waals surface area contributed by atoms with Crippen LogP contribution < -0.4 is 27.0 Å². The summed E-state index contributed by atoms with van der Waals surface area (Å²) < 4.78 is 0. The SMILES string of the molecule is Nc1nc2ccc(C(=O)Nc3cccc(NC(=O)[C@@H]4CC(=O)NC(=O)N4)c3)cc2[nH]1. The predicted octanol–water partition coefficient (Wildman–Crippen LogP) is 0.934. The highest BCUT2D eigenvalue weighted by Gasteiger charge is 2.29. The van der Waals surface area contributed by atoms with E-state index < -0.39 is 23.9 Å². The van der Waals surface area contributed by atoms with Gasteiger partial charge in [0.2, 0.25) is 11.8 Å². The molecule has 1 aliphatic heterocycles. The van der Waals surface area contributed by atoms with E-state index in [0.29, 0.717) is 28.0 Å². The van der Waals surface area contributed by atoms with Crippen LogP contribution in [-0.2, 0) is 9.59 Å². The molecule has 3 aromatic rings. The molecule has 30 heavy (non-hydrogen) atoms. The first-order chi connectivity index (χ1) is 14.4. The van der Waals surface area contributed by atoms with Gasteiger partial charge in [-0.05, 0) is 36.4 Å². The monoisotopic (exact) mass is 407 g/mol. The Morgan fingerprint density at radius 3 is 2.60 bits per heavy atom. The van der Waals surface area contributed by atoms with Gasteiger partial charge >= 0.3 is 6.03 Å². The van der Waals surface area contributed by atoms with E-state index in [1.807, 2.05) is 0 Å². The fourth-order valence-corrected chi connectivity index (χ4v) is 3.04. The zero-order valence-electron chi connectivity index (χ0n) is 15.5. The van der Waals surface area contributed by atoms with Gasteiger partial charge in [0.05, 0.1) is 17.5 Å². The number of hydrogen-bond donors (Lipinski definition) is 6. The molecule has 2 aromatic carbocycles. The smallest absolute Gasteiger partial charge is 0.322 e. The van der Waals surface area contributed by atoms with E-state index in [4.69, 9.17) is 5.73 Å². The molecule has 11 heteroatoms. The van der Waals surface area contributed by atoms with Crippen molar-refractivity contribution in [2.75, 3.05) is 16.4 Å². The minimum Gasteiger partial charge on any atom is -0.369 e. The van der Waals surface area contributed by atoms with Gasteiger partial charge in [0, 0.05) is 16.9 Å². The molecule has 0 bridgehead atoms. The quantitative estimate of drug-likeness (QED) is 0.376. The number of nitrogen functional groups attached to an aromatic ring is 1. The second kappa shape index (κ2) is 7.54. The zero-order valence-corrected chi connectivity index (χ0v) is 15.5. The second-order valence-electron chi connectivity index (χ2n) is 6.66. The largest absolute Gasteiger partial charge is 0.369 e. The number of carbonyl (C=O) groups is 4. The number of nitrogens with zero attached hydrogens (tertiary/aromatic N) is 1. The van der Waals surface area contributed by atoms with Crippen molar-refractivity contribution < 1.29 is 19.2 Å². The van der Waals surface area contributed by atoms with Crippen molar-refractivity contribution >= 4 is 52.1 Å². The molecule has 1 aliphatic rings. The molecule has 0 spiro atoms. The minimum absolute atomic E-state index is 0.158. The van der Waals surface area contributed by atoms with E-state index in [9.17, 15) is 19.2 Å². The lowest BCUT2D eigenvalue weighted by Crippen LogP contribution is -2.56. The van der Waals surface area contributed by atoms with E-state index in [1.54, 1.807) is 42.5 Å². The first-order valence-corrected chi connectivity index (χ1v) is 8.95. The summed E-state index contributed by atoms with van der Waals surface area (Å²) in [6, 6.07) is 9.75. The molecule has 1 fully saturated rings. The van der Waals surface area contributed by atoms with Crippen molar-refractivity contribution in [1.82, 2.24) is 20.6 Å². The van der Waals surface area contributed by atoms with Gasteiger partial charge in [-0.15, -0.1) is 0 Å². The van der Waals surface area contributed by atoms with Gasteiger partial charge in [0.15, 0.2) is 5.95 Å². The van der Waals surface area contributed by atoms with Crippen LogP contribution in [-0.4, -0.2) is 39.8 Å². The molecule has 0 unspecified atom stereocenters. The number of aromatic amines is 1. The highest BCUT2D eigenvalue weighted by molar-refractivity contribution is 6.07. The van der Waals surface area contributed by atoms with Gasteiger partial charge in [-0.2, -0.15) is 0 Å². The van der Waals surface area contributed by atoms with Gasteiger partial charge in [0.25, 0.3) is 5.91 Å². The Morgan fingerprint density at radius 2 is 1.83 bits per heavy atom. The molecule has 152 valence electrons. The number of benzene rings is 2.